The molecule has 2 nitrogen and oxygen atoms in total. The van der Waals surface area contributed by atoms with E-state index >= 15 is 0 Å². The van der Waals surface area contributed by atoms with Crippen LogP contribution < -0.4 is 0 Å². The molecule has 0 amide bonds. The number of carbonyl (C=O) groups excluding carboxylic acids is 1. The number of nitrogens with zero attached hydrogens (tertiary/aromatic N) is 1. The van der Waals surface area contributed by atoms with Crippen molar-refractivity contribution >= 4 is 16.7 Å². The van der Waals surface area contributed by atoms with Gasteiger partial charge in [-0.25, -0.2) is 4.98 Å². The lowest BCUT2D eigenvalue weighted by molar-refractivity contribution is -0.142. The molecule has 0 N–H and O–H groups in total. The summed E-state index contributed by atoms with van der Waals surface area (Å²) in [6, 6.07) is 11.0. The zero-order valence-corrected chi connectivity index (χ0v) is 16.7. The van der Waals surface area contributed by atoms with E-state index in [0.29, 0.717) is 18.4 Å². The van der Waals surface area contributed by atoms with Gasteiger partial charge in [-0.3, -0.25) is 4.79 Å². The number of halogens is 6. The number of alkyl halides is 6. The minimum absolute atomic E-state index is 0.0372. The van der Waals surface area contributed by atoms with Crippen molar-refractivity contribution in [2.24, 2.45) is 0 Å². The Hall–Kier alpha value is -2.90. The standard InChI is InChI=1S/C23H19F6NO/c1-13(10-11-15-6-3-4-7-16(15)14(2)31)18-12-20(23(27,28)29)30-21-17(18)8-5-9-19(21)22(24,25)26/h3-9,12-13H,10-11H2,1-2H3. The lowest BCUT2D eigenvalue weighted by Gasteiger charge is -2.19. The summed E-state index contributed by atoms with van der Waals surface area (Å²) in [5.74, 6) is -0.637. The maximum Gasteiger partial charge on any atom is 0.433 e. The average molecular weight is 439 g/mol. The number of hydrogen-bond acceptors (Lipinski definition) is 2. The fraction of sp³-hybridized carbons (Fsp3) is 0.304. The number of benzene rings is 2. The Bertz CT molecular complexity index is 1120. The van der Waals surface area contributed by atoms with Gasteiger partial charge in [0, 0.05) is 10.9 Å². The minimum Gasteiger partial charge on any atom is -0.295 e. The molecule has 0 aliphatic rings. The summed E-state index contributed by atoms with van der Waals surface area (Å²) in [7, 11) is 0. The third-order valence-electron chi connectivity index (χ3n) is 5.24. The molecule has 0 spiro atoms. The molecule has 0 aliphatic carbocycles. The third-order valence-corrected chi connectivity index (χ3v) is 5.24. The molecule has 31 heavy (non-hydrogen) atoms. The Morgan fingerprint density at radius 3 is 2.26 bits per heavy atom. The van der Waals surface area contributed by atoms with E-state index in [1.54, 1.807) is 31.2 Å². The summed E-state index contributed by atoms with van der Waals surface area (Å²) in [6.07, 6.45) is -8.99. The molecule has 3 rings (SSSR count). The number of fused-ring (bicyclic) bond motifs is 1. The molecule has 1 unspecified atom stereocenters. The average Bonchev–Trinajstić information content (AvgIpc) is 2.69. The molecular formula is C23H19F6NO. The van der Waals surface area contributed by atoms with E-state index in [-0.39, 0.29) is 16.7 Å². The van der Waals surface area contributed by atoms with Gasteiger partial charge in [-0.05, 0) is 48.9 Å². The van der Waals surface area contributed by atoms with E-state index in [0.717, 1.165) is 17.7 Å². The SMILES string of the molecule is CC(=O)c1ccccc1CCC(C)c1cc(C(F)(F)F)nc2c(C(F)(F)F)cccc12. The molecule has 0 radical (unpaired) electrons. The number of carbonyl (C=O) groups is 1. The smallest absolute Gasteiger partial charge is 0.295 e. The Balaban J connectivity index is 2.07. The van der Waals surface area contributed by atoms with Gasteiger partial charge in [0.25, 0.3) is 0 Å². The number of ketones is 1. The first-order valence-electron chi connectivity index (χ1n) is 9.56. The van der Waals surface area contributed by atoms with Gasteiger partial charge in [0.1, 0.15) is 5.69 Å². The minimum atomic E-state index is -4.89. The van der Waals surface area contributed by atoms with E-state index < -0.39 is 35.0 Å². The predicted octanol–water partition coefficient (Wildman–Crippen LogP) is 7.21. The summed E-state index contributed by atoms with van der Waals surface area (Å²) >= 11 is 0. The van der Waals surface area contributed by atoms with Crippen LogP contribution in [0.25, 0.3) is 10.9 Å². The molecule has 164 valence electrons. The van der Waals surface area contributed by atoms with E-state index in [9.17, 15) is 31.1 Å². The van der Waals surface area contributed by atoms with Crippen LogP contribution in [-0.4, -0.2) is 10.8 Å². The Morgan fingerprint density at radius 2 is 1.65 bits per heavy atom. The van der Waals surface area contributed by atoms with Crippen molar-refractivity contribution in [1.82, 2.24) is 4.98 Å². The molecule has 1 aromatic heterocycles. The highest BCUT2D eigenvalue weighted by Gasteiger charge is 2.37. The normalized spacial score (nSPS) is 13.4. The van der Waals surface area contributed by atoms with E-state index in [1.807, 2.05) is 0 Å². The van der Waals surface area contributed by atoms with E-state index in [1.165, 1.54) is 19.1 Å². The van der Waals surface area contributed by atoms with E-state index in [4.69, 9.17) is 0 Å². The fourth-order valence-electron chi connectivity index (χ4n) is 3.67. The molecule has 0 saturated carbocycles. The highest BCUT2D eigenvalue weighted by atomic mass is 19.4. The van der Waals surface area contributed by atoms with Crippen LogP contribution >= 0.6 is 0 Å². The molecule has 0 bridgehead atoms. The Morgan fingerprint density at radius 1 is 0.968 bits per heavy atom. The number of rotatable bonds is 5. The second-order valence-electron chi connectivity index (χ2n) is 7.45. The van der Waals surface area contributed by atoms with Crippen LogP contribution in [-0.2, 0) is 18.8 Å². The molecule has 2 aromatic carbocycles. The summed E-state index contributed by atoms with van der Waals surface area (Å²) in [5.41, 5.74) is -1.87. The van der Waals surface area contributed by atoms with Gasteiger partial charge in [-0.15, -0.1) is 0 Å². The monoisotopic (exact) mass is 439 g/mol. The van der Waals surface area contributed by atoms with Crippen molar-refractivity contribution in [2.75, 3.05) is 0 Å². The number of para-hydroxylation sites is 1. The number of aryl methyl sites for hydroxylation is 1. The summed E-state index contributed by atoms with van der Waals surface area (Å²) < 4.78 is 80.4. The maximum absolute atomic E-state index is 13.4. The first-order valence-corrected chi connectivity index (χ1v) is 9.56. The largest absolute Gasteiger partial charge is 0.433 e. The Labute approximate surface area is 174 Å². The second-order valence-corrected chi connectivity index (χ2v) is 7.45. The number of aromatic nitrogens is 1. The van der Waals surface area contributed by atoms with Gasteiger partial charge in [-0.2, -0.15) is 26.3 Å². The molecule has 1 atom stereocenters. The summed E-state index contributed by atoms with van der Waals surface area (Å²) in [6.45, 7) is 3.08. The molecular weight excluding hydrogens is 420 g/mol. The highest BCUT2D eigenvalue weighted by Crippen LogP contribution is 2.40. The molecule has 0 saturated heterocycles. The zero-order chi connectivity index (χ0) is 23.0. The van der Waals surface area contributed by atoms with Gasteiger partial charge in [0.2, 0.25) is 0 Å². The lowest BCUT2D eigenvalue weighted by Crippen LogP contribution is -2.13. The van der Waals surface area contributed by atoms with Crippen LogP contribution in [0.15, 0.2) is 48.5 Å². The topological polar surface area (TPSA) is 30.0 Å². The van der Waals surface area contributed by atoms with Crippen LogP contribution in [0.2, 0.25) is 0 Å². The van der Waals surface area contributed by atoms with Gasteiger partial charge < -0.3 is 0 Å². The number of Topliss-reactive ketones (excluding diaryl/α,β-unsaturated/α-hetero) is 1. The zero-order valence-electron chi connectivity index (χ0n) is 16.7. The highest BCUT2D eigenvalue weighted by molar-refractivity contribution is 5.95. The summed E-state index contributed by atoms with van der Waals surface area (Å²) in [5, 5.41) is 0.0372. The van der Waals surface area contributed by atoms with Crippen LogP contribution in [0.1, 0.15) is 58.9 Å². The maximum atomic E-state index is 13.4. The lowest BCUT2D eigenvalue weighted by atomic mass is 9.89. The van der Waals surface area contributed by atoms with Crippen LogP contribution in [0, 0.1) is 0 Å². The van der Waals surface area contributed by atoms with Crippen LogP contribution in [0.3, 0.4) is 0 Å². The molecule has 1 heterocycles. The van der Waals surface area contributed by atoms with Crippen molar-refractivity contribution in [3.63, 3.8) is 0 Å². The van der Waals surface area contributed by atoms with Gasteiger partial charge in [-0.1, -0.05) is 43.3 Å². The van der Waals surface area contributed by atoms with Crippen molar-refractivity contribution in [2.45, 2.75) is 45.0 Å². The molecule has 0 fully saturated rings. The first-order chi connectivity index (χ1) is 14.4. The first kappa shape index (κ1) is 22.8. The fourth-order valence-corrected chi connectivity index (χ4v) is 3.67. The van der Waals surface area contributed by atoms with Crippen molar-refractivity contribution in [1.29, 1.82) is 0 Å². The van der Waals surface area contributed by atoms with Gasteiger partial charge in [0.15, 0.2) is 5.78 Å². The Kier molecular flexibility index (Phi) is 6.11. The van der Waals surface area contributed by atoms with Crippen LogP contribution in [0.5, 0.6) is 0 Å². The number of pyridine rings is 1. The van der Waals surface area contributed by atoms with Crippen molar-refractivity contribution in [3.8, 4) is 0 Å². The molecule has 3 aromatic rings. The quantitative estimate of drug-likeness (QED) is 0.311. The van der Waals surface area contributed by atoms with Gasteiger partial charge in [0.05, 0.1) is 11.1 Å². The van der Waals surface area contributed by atoms with E-state index in [2.05, 4.69) is 4.98 Å². The number of hydrogen-bond donors (Lipinski definition) is 0. The van der Waals surface area contributed by atoms with Gasteiger partial charge >= 0.3 is 12.4 Å². The summed E-state index contributed by atoms with van der Waals surface area (Å²) in [4.78, 5) is 15.1. The van der Waals surface area contributed by atoms with Crippen molar-refractivity contribution < 1.29 is 31.1 Å². The second kappa shape index (κ2) is 8.32. The van der Waals surface area contributed by atoms with Crippen molar-refractivity contribution in [3.05, 3.63) is 76.5 Å². The van der Waals surface area contributed by atoms with Crippen LogP contribution in [0.4, 0.5) is 26.3 Å². The molecule has 8 heteroatoms. The molecule has 0 aliphatic heterocycles. The predicted molar refractivity (Wildman–Crippen MR) is 105 cm³/mol. The third kappa shape index (κ3) is 4.89.